The second-order valence-electron chi connectivity index (χ2n) is 2.78. The van der Waals surface area contributed by atoms with Crippen molar-refractivity contribution in [3.05, 3.63) is 29.1 Å². The fraction of sp³-hybridized carbons (Fsp3) is 0.444. The summed E-state index contributed by atoms with van der Waals surface area (Å²) in [5.74, 6) is 0. The smallest absolute Gasteiger partial charge is 0.0303 e. The Bertz CT molecular complexity index is 243. The fourth-order valence-corrected chi connectivity index (χ4v) is 1.09. The minimum Gasteiger partial charge on any atom is -0.330 e. The van der Waals surface area contributed by atoms with Crippen LogP contribution in [0.5, 0.6) is 0 Å². The van der Waals surface area contributed by atoms with Gasteiger partial charge in [-0.05, 0) is 43.5 Å². The number of pyridine rings is 1. The van der Waals surface area contributed by atoms with Crippen molar-refractivity contribution in [2.45, 2.75) is 20.3 Å². The number of hydrogen-bond acceptors (Lipinski definition) is 2. The molecule has 11 heavy (non-hydrogen) atoms. The lowest BCUT2D eigenvalue weighted by Gasteiger charge is -2.05. The quantitative estimate of drug-likeness (QED) is 0.688. The van der Waals surface area contributed by atoms with E-state index in [1.54, 1.807) is 0 Å². The van der Waals surface area contributed by atoms with Gasteiger partial charge in [-0.3, -0.25) is 4.98 Å². The molecular weight excluding hydrogens is 136 g/mol. The monoisotopic (exact) mass is 150 g/mol. The van der Waals surface area contributed by atoms with Gasteiger partial charge in [0, 0.05) is 12.4 Å². The van der Waals surface area contributed by atoms with Gasteiger partial charge in [-0.25, -0.2) is 0 Å². The van der Waals surface area contributed by atoms with E-state index in [1.807, 2.05) is 12.4 Å². The Morgan fingerprint density at radius 3 is 2.73 bits per heavy atom. The Balaban J connectivity index is 2.96. The number of hydrogen-bond donors (Lipinski definition) is 1. The van der Waals surface area contributed by atoms with E-state index in [0.29, 0.717) is 6.54 Å². The summed E-state index contributed by atoms with van der Waals surface area (Å²) in [4.78, 5) is 4.11. The molecular formula is C9H14N2. The van der Waals surface area contributed by atoms with E-state index in [4.69, 9.17) is 5.73 Å². The molecule has 0 amide bonds. The Kier molecular flexibility index (Phi) is 2.60. The molecule has 2 nitrogen and oxygen atoms in total. The molecule has 0 atom stereocenters. The summed E-state index contributed by atoms with van der Waals surface area (Å²) in [6.45, 7) is 4.89. The van der Waals surface area contributed by atoms with Crippen LogP contribution < -0.4 is 5.73 Å². The SMILES string of the molecule is Cc1cncc(CCN)c1C. The summed E-state index contributed by atoms with van der Waals surface area (Å²) in [7, 11) is 0. The normalized spacial score (nSPS) is 10.1. The number of aromatic nitrogens is 1. The first-order valence-electron chi connectivity index (χ1n) is 3.86. The van der Waals surface area contributed by atoms with E-state index in [2.05, 4.69) is 18.8 Å². The molecule has 0 saturated carbocycles. The van der Waals surface area contributed by atoms with Gasteiger partial charge in [-0.15, -0.1) is 0 Å². The highest BCUT2D eigenvalue weighted by Crippen LogP contribution is 2.10. The number of nitrogens with zero attached hydrogens (tertiary/aromatic N) is 1. The van der Waals surface area contributed by atoms with Crippen molar-refractivity contribution in [1.29, 1.82) is 0 Å². The zero-order chi connectivity index (χ0) is 8.27. The zero-order valence-corrected chi connectivity index (χ0v) is 7.09. The van der Waals surface area contributed by atoms with Crippen LogP contribution in [0.2, 0.25) is 0 Å². The van der Waals surface area contributed by atoms with E-state index >= 15 is 0 Å². The van der Waals surface area contributed by atoms with Crippen LogP contribution in [-0.2, 0) is 6.42 Å². The molecule has 1 rings (SSSR count). The molecule has 0 aliphatic rings. The number of rotatable bonds is 2. The summed E-state index contributed by atoms with van der Waals surface area (Å²) < 4.78 is 0. The largest absolute Gasteiger partial charge is 0.330 e. The lowest BCUT2D eigenvalue weighted by molar-refractivity contribution is 0.941. The first kappa shape index (κ1) is 8.21. The van der Waals surface area contributed by atoms with Crippen molar-refractivity contribution in [2.24, 2.45) is 5.73 Å². The lowest BCUT2D eigenvalue weighted by atomic mass is 10.1. The molecule has 0 unspecified atom stereocenters. The Hall–Kier alpha value is -0.890. The van der Waals surface area contributed by atoms with Crippen molar-refractivity contribution in [1.82, 2.24) is 4.98 Å². The van der Waals surface area contributed by atoms with Gasteiger partial charge < -0.3 is 5.73 Å². The summed E-state index contributed by atoms with van der Waals surface area (Å²) in [6, 6.07) is 0. The maximum atomic E-state index is 5.45. The first-order chi connectivity index (χ1) is 5.25. The first-order valence-corrected chi connectivity index (χ1v) is 3.86. The van der Waals surface area contributed by atoms with Crippen molar-refractivity contribution in [3.63, 3.8) is 0 Å². The van der Waals surface area contributed by atoms with Gasteiger partial charge in [0.2, 0.25) is 0 Å². The second-order valence-corrected chi connectivity index (χ2v) is 2.78. The summed E-state index contributed by atoms with van der Waals surface area (Å²) in [6.07, 6.45) is 4.71. The third-order valence-corrected chi connectivity index (χ3v) is 1.99. The van der Waals surface area contributed by atoms with Crippen LogP contribution in [0.1, 0.15) is 16.7 Å². The van der Waals surface area contributed by atoms with E-state index in [9.17, 15) is 0 Å². The maximum absolute atomic E-state index is 5.45. The molecule has 1 aromatic rings. The second kappa shape index (κ2) is 3.49. The van der Waals surface area contributed by atoms with Gasteiger partial charge >= 0.3 is 0 Å². The van der Waals surface area contributed by atoms with Crippen molar-refractivity contribution in [2.75, 3.05) is 6.54 Å². The van der Waals surface area contributed by atoms with Crippen LogP contribution >= 0.6 is 0 Å². The van der Waals surface area contributed by atoms with E-state index in [0.717, 1.165) is 6.42 Å². The number of aryl methyl sites for hydroxylation is 1. The molecule has 2 N–H and O–H groups in total. The molecule has 0 radical (unpaired) electrons. The van der Waals surface area contributed by atoms with Crippen LogP contribution in [0, 0.1) is 13.8 Å². The zero-order valence-electron chi connectivity index (χ0n) is 7.09. The maximum Gasteiger partial charge on any atom is 0.0303 e. The molecule has 2 heteroatoms. The minimum atomic E-state index is 0.700. The van der Waals surface area contributed by atoms with Gasteiger partial charge in [0.25, 0.3) is 0 Å². The van der Waals surface area contributed by atoms with E-state index in [1.165, 1.54) is 16.7 Å². The van der Waals surface area contributed by atoms with Gasteiger partial charge in [0.05, 0.1) is 0 Å². The molecule has 0 bridgehead atoms. The van der Waals surface area contributed by atoms with E-state index in [-0.39, 0.29) is 0 Å². The Labute approximate surface area is 67.5 Å². The molecule has 0 spiro atoms. The molecule has 0 saturated heterocycles. The summed E-state index contributed by atoms with van der Waals surface area (Å²) >= 11 is 0. The minimum absolute atomic E-state index is 0.700. The highest BCUT2D eigenvalue weighted by Gasteiger charge is 1.98. The molecule has 0 fully saturated rings. The van der Waals surface area contributed by atoms with Crippen LogP contribution in [-0.4, -0.2) is 11.5 Å². The average Bonchev–Trinajstić information content (AvgIpc) is 1.99. The summed E-state index contributed by atoms with van der Waals surface area (Å²) in [5, 5.41) is 0. The molecule has 1 aromatic heterocycles. The van der Waals surface area contributed by atoms with Crippen molar-refractivity contribution < 1.29 is 0 Å². The average molecular weight is 150 g/mol. The van der Waals surface area contributed by atoms with Gasteiger partial charge in [-0.2, -0.15) is 0 Å². The Morgan fingerprint density at radius 2 is 2.09 bits per heavy atom. The van der Waals surface area contributed by atoms with Crippen LogP contribution in [0.15, 0.2) is 12.4 Å². The molecule has 1 heterocycles. The van der Waals surface area contributed by atoms with Crippen LogP contribution in [0.25, 0.3) is 0 Å². The third-order valence-electron chi connectivity index (χ3n) is 1.99. The molecule has 0 aromatic carbocycles. The highest BCUT2D eigenvalue weighted by atomic mass is 14.6. The predicted octanol–water partition coefficient (Wildman–Crippen LogP) is 1.20. The van der Waals surface area contributed by atoms with Gasteiger partial charge in [0.1, 0.15) is 0 Å². The summed E-state index contributed by atoms with van der Waals surface area (Å²) in [5.41, 5.74) is 9.29. The predicted molar refractivity (Wildman–Crippen MR) is 46.5 cm³/mol. The molecule has 60 valence electrons. The Morgan fingerprint density at radius 1 is 1.36 bits per heavy atom. The van der Waals surface area contributed by atoms with Crippen LogP contribution in [0.4, 0.5) is 0 Å². The molecule has 0 aliphatic heterocycles. The topological polar surface area (TPSA) is 38.9 Å². The number of nitrogens with two attached hydrogens (primary N) is 1. The lowest BCUT2D eigenvalue weighted by Crippen LogP contribution is -2.05. The van der Waals surface area contributed by atoms with Crippen molar-refractivity contribution >= 4 is 0 Å². The molecule has 0 aliphatic carbocycles. The van der Waals surface area contributed by atoms with E-state index < -0.39 is 0 Å². The van der Waals surface area contributed by atoms with Gasteiger partial charge in [0.15, 0.2) is 0 Å². The standard InChI is InChI=1S/C9H14N2/c1-7-5-11-6-9(3-4-10)8(7)2/h5-6H,3-4,10H2,1-2H3. The van der Waals surface area contributed by atoms with Crippen molar-refractivity contribution in [3.8, 4) is 0 Å². The fourth-order valence-electron chi connectivity index (χ4n) is 1.09. The van der Waals surface area contributed by atoms with Crippen LogP contribution in [0.3, 0.4) is 0 Å². The van der Waals surface area contributed by atoms with Gasteiger partial charge in [-0.1, -0.05) is 0 Å². The highest BCUT2D eigenvalue weighted by molar-refractivity contribution is 5.29. The third kappa shape index (κ3) is 1.77.